The molecule has 0 atom stereocenters. The Bertz CT molecular complexity index is 1420. The first-order valence-electron chi connectivity index (χ1n) is 11.3. The third kappa shape index (κ3) is 3.82. The topological polar surface area (TPSA) is 72.5 Å². The minimum atomic E-state index is -0.130. The van der Waals surface area contributed by atoms with E-state index in [1.165, 1.54) is 11.8 Å². The average molecular weight is 462 g/mol. The van der Waals surface area contributed by atoms with E-state index in [4.69, 9.17) is 0 Å². The summed E-state index contributed by atoms with van der Waals surface area (Å²) in [4.78, 5) is 28.3. The van der Waals surface area contributed by atoms with Crippen molar-refractivity contribution >= 4 is 34.3 Å². The van der Waals surface area contributed by atoms with Gasteiger partial charge in [-0.2, -0.15) is 0 Å². The van der Waals surface area contributed by atoms with E-state index in [1.807, 2.05) is 65.6 Å². The molecule has 0 saturated carbocycles. The van der Waals surface area contributed by atoms with Gasteiger partial charge in [-0.1, -0.05) is 43.0 Å². The Morgan fingerprint density at radius 3 is 2.61 bits per heavy atom. The molecular weight excluding hydrogens is 434 g/mol. The minimum Gasteiger partial charge on any atom is -0.342 e. The van der Waals surface area contributed by atoms with Crippen molar-refractivity contribution in [2.24, 2.45) is 5.92 Å². The molecule has 8 heteroatoms. The first-order chi connectivity index (χ1) is 16.0. The molecular formula is C25H27N5O2S. The Labute approximate surface area is 196 Å². The van der Waals surface area contributed by atoms with E-state index in [1.54, 1.807) is 4.57 Å². The fourth-order valence-corrected chi connectivity index (χ4v) is 5.29. The molecule has 1 aliphatic rings. The second-order valence-corrected chi connectivity index (χ2v) is 9.79. The van der Waals surface area contributed by atoms with Crippen LogP contribution in [-0.2, 0) is 4.79 Å². The van der Waals surface area contributed by atoms with Gasteiger partial charge in [0.25, 0.3) is 5.56 Å². The predicted octanol–water partition coefficient (Wildman–Crippen LogP) is 4.00. The number of fused-ring (bicyclic) bond motifs is 3. The second kappa shape index (κ2) is 8.67. The van der Waals surface area contributed by atoms with Gasteiger partial charge in [-0.25, -0.2) is 4.57 Å². The van der Waals surface area contributed by atoms with Crippen LogP contribution in [-0.4, -0.2) is 48.8 Å². The molecule has 0 N–H and O–H groups in total. The van der Waals surface area contributed by atoms with Crippen LogP contribution in [0, 0.1) is 19.8 Å². The van der Waals surface area contributed by atoms with Crippen molar-refractivity contribution in [3.63, 3.8) is 0 Å². The summed E-state index contributed by atoms with van der Waals surface area (Å²) in [5.74, 6) is 1.55. The molecule has 4 aromatic rings. The lowest BCUT2D eigenvalue weighted by molar-refractivity contribution is -0.129. The van der Waals surface area contributed by atoms with Crippen LogP contribution in [0.1, 0.15) is 30.9 Å². The molecule has 0 unspecified atom stereocenters. The zero-order valence-corrected chi connectivity index (χ0v) is 19.9. The van der Waals surface area contributed by atoms with E-state index in [0.29, 0.717) is 28.0 Å². The lowest BCUT2D eigenvalue weighted by Gasteiger charge is -2.30. The molecule has 1 amide bonds. The molecule has 5 rings (SSSR count). The number of benzene rings is 2. The van der Waals surface area contributed by atoms with Crippen molar-refractivity contribution in [2.75, 3.05) is 18.8 Å². The smallest absolute Gasteiger partial charge is 0.267 e. The summed E-state index contributed by atoms with van der Waals surface area (Å²) in [6.07, 6.45) is 2.11. The second-order valence-electron chi connectivity index (χ2n) is 8.85. The number of aromatic nitrogens is 4. The fourth-order valence-electron chi connectivity index (χ4n) is 4.44. The number of rotatable bonds is 4. The van der Waals surface area contributed by atoms with Gasteiger partial charge in [-0.3, -0.25) is 14.0 Å². The monoisotopic (exact) mass is 461 g/mol. The third-order valence-electron chi connectivity index (χ3n) is 6.67. The number of thioether (sulfide) groups is 1. The van der Waals surface area contributed by atoms with Crippen molar-refractivity contribution < 1.29 is 4.79 Å². The van der Waals surface area contributed by atoms with Crippen LogP contribution in [0.5, 0.6) is 0 Å². The number of hydrogen-bond acceptors (Lipinski definition) is 5. The van der Waals surface area contributed by atoms with Crippen LogP contribution < -0.4 is 5.56 Å². The highest BCUT2D eigenvalue weighted by molar-refractivity contribution is 7.99. The summed E-state index contributed by atoms with van der Waals surface area (Å²) < 4.78 is 3.53. The highest BCUT2D eigenvalue weighted by Crippen LogP contribution is 2.26. The maximum absolute atomic E-state index is 13.5. The highest BCUT2D eigenvalue weighted by atomic mass is 32.2. The molecule has 0 bridgehead atoms. The number of para-hydroxylation sites is 1. The van der Waals surface area contributed by atoms with Crippen LogP contribution in [0.4, 0.5) is 0 Å². The van der Waals surface area contributed by atoms with Gasteiger partial charge in [0.15, 0.2) is 5.16 Å². The fraction of sp³-hybridized carbons (Fsp3) is 0.360. The molecule has 3 heterocycles. The molecule has 2 aromatic heterocycles. The standard InChI is InChI=1S/C25H27N5O2S/c1-16-11-13-28(14-12-16)22(31)15-33-25-27-26-24-29(20-10-6-7-17(2)18(20)3)23(32)19-8-4-5-9-21(19)30(24)25/h4-10,16H,11-15H2,1-3H3. The number of amides is 1. The lowest BCUT2D eigenvalue weighted by atomic mass is 9.99. The van der Waals surface area contributed by atoms with Crippen molar-refractivity contribution in [3.8, 4) is 5.69 Å². The summed E-state index contributed by atoms with van der Waals surface area (Å²) >= 11 is 1.37. The van der Waals surface area contributed by atoms with Crippen LogP contribution in [0.25, 0.3) is 22.4 Å². The number of aryl methyl sites for hydroxylation is 1. The van der Waals surface area contributed by atoms with Crippen molar-refractivity contribution in [1.29, 1.82) is 0 Å². The molecule has 170 valence electrons. The van der Waals surface area contributed by atoms with Crippen LogP contribution in [0.15, 0.2) is 52.4 Å². The van der Waals surface area contributed by atoms with Crippen molar-refractivity contribution in [1.82, 2.24) is 24.1 Å². The largest absolute Gasteiger partial charge is 0.342 e. The zero-order valence-electron chi connectivity index (χ0n) is 19.1. The SMILES string of the molecule is Cc1cccc(-n2c(=O)c3ccccc3n3c(SCC(=O)N4CCC(C)CC4)nnc23)c1C. The Hall–Kier alpha value is -3.13. The number of piperidine rings is 1. The van der Waals surface area contributed by atoms with E-state index >= 15 is 0 Å². The number of carbonyl (C=O) groups is 1. The first-order valence-corrected chi connectivity index (χ1v) is 12.3. The van der Waals surface area contributed by atoms with Crippen LogP contribution >= 0.6 is 11.8 Å². The Kier molecular flexibility index (Phi) is 5.70. The van der Waals surface area contributed by atoms with Gasteiger partial charge < -0.3 is 4.90 Å². The minimum absolute atomic E-state index is 0.121. The first kappa shape index (κ1) is 21.7. The molecule has 0 radical (unpaired) electrons. The molecule has 7 nitrogen and oxygen atoms in total. The average Bonchev–Trinajstić information content (AvgIpc) is 3.24. The molecule has 0 aliphatic carbocycles. The van der Waals surface area contributed by atoms with Gasteiger partial charge >= 0.3 is 0 Å². The van der Waals surface area contributed by atoms with Crippen molar-refractivity contribution in [3.05, 3.63) is 63.9 Å². The Morgan fingerprint density at radius 1 is 1.06 bits per heavy atom. The van der Waals surface area contributed by atoms with Crippen LogP contribution in [0.3, 0.4) is 0 Å². The lowest BCUT2D eigenvalue weighted by Crippen LogP contribution is -2.38. The number of carbonyl (C=O) groups excluding carboxylic acids is 1. The molecule has 2 aromatic carbocycles. The Morgan fingerprint density at radius 2 is 1.82 bits per heavy atom. The third-order valence-corrected chi connectivity index (χ3v) is 7.59. The van der Waals surface area contributed by atoms with E-state index < -0.39 is 0 Å². The quantitative estimate of drug-likeness (QED) is 0.430. The number of likely N-dealkylation sites (tertiary alicyclic amines) is 1. The van der Waals surface area contributed by atoms with Crippen molar-refractivity contribution in [2.45, 2.75) is 38.8 Å². The maximum Gasteiger partial charge on any atom is 0.267 e. The number of hydrogen-bond donors (Lipinski definition) is 0. The summed E-state index contributed by atoms with van der Waals surface area (Å²) in [7, 11) is 0. The zero-order chi connectivity index (χ0) is 23.1. The summed E-state index contributed by atoms with van der Waals surface area (Å²) in [5, 5.41) is 10.0. The van der Waals surface area contributed by atoms with Gasteiger partial charge in [0.05, 0.1) is 22.3 Å². The molecule has 0 spiro atoms. The highest BCUT2D eigenvalue weighted by Gasteiger charge is 2.23. The summed E-state index contributed by atoms with van der Waals surface area (Å²) in [5.41, 5.74) is 3.52. The van der Waals surface area contributed by atoms with Gasteiger partial charge in [0, 0.05) is 13.1 Å². The van der Waals surface area contributed by atoms with Gasteiger partial charge in [-0.05, 0) is 61.9 Å². The van der Waals surface area contributed by atoms with Crippen LogP contribution in [0.2, 0.25) is 0 Å². The summed E-state index contributed by atoms with van der Waals surface area (Å²) in [6.45, 7) is 7.90. The van der Waals surface area contributed by atoms with Gasteiger partial charge in [-0.15, -0.1) is 10.2 Å². The molecule has 1 aliphatic heterocycles. The van der Waals surface area contributed by atoms with E-state index in [0.717, 1.165) is 48.3 Å². The van der Waals surface area contributed by atoms with E-state index in [2.05, 4.69) is 17.1 Å². The van der Waals surface area contributed by atoms with Gasteiger partial charge in [0.2, 0.25) is 11.7 Å². The Balaban J connectivity index is 1.59. The predicted molar refractivity (Wildman–Crippen MR) is 131 cm³/mol. The normalized spacial score (nSPS) is 14.9. The summed E-state index contributed by atoms with van der Waals surface area (Å²) in [6, 6.07) is 13.4. The molecule has 33 heavy (non-hydrogen) atoms. The van der Waals surface area contributed by atoms with E-state index in [-0.39, 0.29) is 11.5 Å². The molecule has 1 fully saturated rings. The maximum atomic E-state index is 13.5. The number of nitrogens with zero attached hydrogens (tertiary/aromatic N) is 5. The van der Waals surface area contributed by atoms with E-state index in [9.17, 15) is 9.59 Å². The van der Waals surface area contributed by atoms with Gasteiger partial charge in [0.1, 0.15) is 0 Å². The molecule has 1 saturated heterocycles.